The number of alkyl halides is 2. The van der Waals surface area contributed by atoms with Gasteiger partial charge < -0.3 is 15.8 Å². The zero-order valence-corrected chi connectivity index (χ0v) is 13.3. The molecule has 4 nitrogen and oxygen atoms in total. The van der Waals surface area contributed by atoms with Crippen LogP contribution in [0.25, 0.3) is 0 Å². The molecule has 0 saturated carbocycles. The highest BCUT2D eigenvalue weighted by Gasteiger charge is 2.29. The van der Waals surface area contributed by atoms with Gasteiger partial charge in [0.15, 0.2) is 0 Å². The van der Waals surface area contributed by atoms with Crippen LogP contribution in [0.3, 0.4) is 0 Å². The summed E-state index contributed by atoms with van der Waals surface area (Å²) in [6.45, 7) is 1.20. The number of amides is 1. The Labute approximate surface area is 139 Å². The van der Waals surface area contributed by atoms with Crippen molar-refractivity contribution in [3.8, 4) is 5.75 Å². The lowest BCUT2D eigenvalue weighted by atomic mass is 9.92. The molecule has 0 saturated heterocycles. The summed E-state index contributed by atoms with van der Waals surface area (Å²) in [7, 11) is 0. The normalized spacial score (nSPS) is 13.4. The van der Waals surface area contributed by atoms with Gasteiger partial charge in [-0.25, -0.2) is 8.78 Å². The summed E-state index contributed by atoms with van der Waals surface area (Å²) < 4.78 is 29.3. The first kappa shape index (κ1) is 17.9. The van der Waals surface area contributed by atoms with Crippen LogP contribution in [-0.2, 0) is 16.9 Å². The third-order valence-electron chi connectivity index (χ3n) is 3.57. The summed E-state index contributed by atoms with van der Waals surface area (Å²) in [5.74, 6) is 0.00761. The van der Waals surface area contributed by atoms with Gasteiger partial charge in [0.1, 0.15) is 17.9 Å². The van der Waals surface area contributed by atoms with Crippen molar-refractivity contribution >= 4 is 5.91 Å². The Morgan fingerprint density at radius 3 is 2.58 bits per heavy atom. The fourth-order valence-corrected chi connectivity index (χ4v) is 2.19. The smallest absolute Gasteiger partial charge is 0.272 e. The standard InChI is InChI=1S/C18H20F2N2O2/c1-18(21,14-7-3-2-4-8-14)17(23)22-11-13-6-5-9-15(10-13)24-12-16(19)20/h2-10,16H,11-12,21H2,1H3,(H,22,23). The molecule has 24 heavy (non-hydrogen) atoms. The van der Waals surface area contributed by atoms with E-state index in [1.807, 2.05) is 18.2 Å². The maximum Gasteiger partial charge on any atom is 0.272 e. The monoisotopic (exact) mass is 334 g/mol. The number of hydrogen-bond acceptors (Lipinski definition) is 3. The van der Waals surface area contributed by atoms with Gasteiger partial charge in [0, 0.05) is 6.54 Å². The quantitative estimate of drug-likeness (QED) is 0.818. The van der Waals surface area contributed by atoms with Gasteiger partial charge in [-0.2, -0.15) is 0 Å². The summed E-state index contributed by atoms with van der Waals surface area (Å²) in [6.07, 6.45) is -2.53. The number of nitrogens with one attached hydrogen (secondary N) is 1. The summed E-state index contributed by atoms with van der Waals surface area (Å²) in [6, 6.07) is 15.7. The third kappa shape index (κ3) is 4.76. The van der Waals surface area contributed by atoms with Crippen LogP contribution in [-0.4, -0.2) is 18.9 Å². The van der Waals surface area contributed by atoms with Crippen LogP contribution in [0.2, 0.25) is 0 Å². The van der Waals surface area contributed by atoms with Crippen molar-refractivity contribution in [1.82, 2.24) is 5.32 Å². The molecule has 2 rings (SSSR count). The molecular formula is C18H20F2N2O2. The number of carbonyl (C=O) groups is 1. The third-order valence-corrected chi connectivity index (χ3v) is 3.57. The van der Waals surface area contributed by atoms with Gasteiger partial charge in [0.05, 0.1) is 0 Å². The zero-order chi connectivity index (χ0) is 17.6. The molecule has 128 valence electrons. The largest absolute Gasteiger partial charge is 0.488 e. The average Bonchev–Trinajstić information content (AvgIpc) is 2.59. The lowest BCUT2D eigenvalue weighted by Gasteiger charge is -2.24. The second-order valence-electron chi connectivity index (χ2n) is 5.60. The summed E-state index contributed by atoms with van der Waals surface area (Å²) in [5.41, 5.74) is 6.42. The van der Waals surface area contributed by atoms with Gasteiger partial charge in [-0.15, -0.1) is 0 Å². The van der Waals surface area contributed by atoms with Crippen LogP contribution in [0.4, 0.5) is 8.78 Å². The van der Waals surface area contributed by atoms with Gasteiger partial charge in [-0.1, -0.05) is 42.5 Å². The van der Waals surface area contributed by atoms with E-state index in [0.29, 0.717) is 11.3 Å². The molecule has 2 aromatic carbocycles. The van der Waals surface area contributed by atoms with Crippen LogP contribution in [0.15, 0.2) is 54.6 Å². The molecule has 0 radical (unpaired) electrons. The fraction of sp³-hybridized carbons (Fsp3) is 0.278. The number of benzene rings is 2. The molecule has 0 aliphatic carbocycles. The van der Waals surface area contributed by atoms with Gasteiger partial charge >= 0.3 is 0 Å². The van der Waals surface area contributed by atoms with E-state index in [1.54, 1.807) is 43.3 Å². The average molecular weight is 334 g/mol. The number of rotatable bonds is 7. The molecule has 6 heteroatoms. The fourth-order valence-electron chi connectivity index (χ4n) is 2.19. The molecule has 0 spiro atoms. The Kier molecular flexibility index (Phi) is 5.87. The highest BCUT2D eigenvalue weighted by Crippen LogP contribution is 2.18. The van der Waals surface area contributed by atoms with Crippen LogP contribution in [0, 0.1) is 0 Å². The van der Waals surface area contributed by atoms with E-state index >= 15 is 0 Å². The van der Waals surface area contributed by atoms with E-state index in [2.05, 4.69) is 5.32 Å². The molecule has 0 bridgehead atoms. The molecular weight excluding hydrogens is 314 g/mol. The zero-order valence-electron chi connectivity index (χ0n) is 13.3. The molecule has 0 fully saturated rings. The minimum Gasteiger partial charge on any atom is -0.488 e. The van der Waals surface area contributed by atoms with Gasteiger partial charge in [-0.3, -0.25) is 4.79 Å². The summed E-state index contributed by atoms with van der Waals surface area (Å²) in [5, 5.41) is 2.76. The number of ether oxygens (including phenoxy) is 1. The van der Waals surface area contributed by atoms with E-state index in [1.165, 1.54) is 0 Å². The highest BCUT2D eigenvalue weighted by atomic mass is 19.3. The first-order chi connectivity index (χ1) is 11.4. The first-order valence-corrected chi connectivity index (χ1v) is 7.52. The van der Waals surface area contributed by atoms with Crippen LogP contribution in [0.1, 0.15) is 18.1 Å². The Balaban J connectivity index is 1.97. The predicted molar refractivity (Wildman–Crippen MR) is 87.8 cm³/mol. The number of halogens is 2. The first-order valence-electron chi connectivity index (χ1n) is 7.52. The van der Waals surface area contributed by atoms with Crippen molar-refractivity contribution in [2.24, 2.45) is 5.73 Å². The minimum absolute atomic E-state index is 0.227. The molecule has 0 aromatic heterocycles. The maximum absolute atomic E-state index is 12.4. The second kappa shape index (κ2) is 7.88. The van der Waals surface area contributed by atoms with E-state index in [4.69, 9.17) is 10.5 Å². The maximum atomic E-state index is 12.4. The Morgan fingerprint density at radius 1 is 1.21 bits per heavy atom. The Hall–Kier alpha value is -2.47. The SMILES string of the molecule is CC(N)(C(=O)NCc1cccc(OCC(F)F)c1)c1ccccc1. The van der Waals surface area contributed by atoms with Crippen molar-refractivity contribution in [3.63, 3.8) is 0 Å². The molecule has 0 aliphatic heterocycles. The van der Waals surface area contributed by atoms with Gasteiger partial charge in [-0.05, 0) is 30.2 Å². The van der Waals surface area contributed by atoms with Crippen LogP contribution < -0.4 is 15.8 Å². The summed E-state index contributed by atoms with van der Waals surface area (Å²) >= 11 is 0. The van der Waals surface area contributed by atoms with Crippen LogP contribution in [0.5, 0.6) is 5.75 Å². The van der Waals surface area contributed by atoms with Crippen LogP contribution >= 0.6 is 0 Å². The lowest BCUT2D eigenvalue weighted by molar-refractivity contribution is -0.126. The van der Waals surface area contributed by atoms with Crippen molar-refractivity contribution in [3.05, 3.63) is 65.7 Å². The van der Waals surface area contributed by atoms with E-state index < -0.39 is 18.6 Å². The molecule has 3 N–H and O–H groups in total. The van der Waals surface area contributed by atoms with E-state index in [0.717, 1.165) is 5.56 Å². The lowest BCUT2D eigenvalue weighted by Crippen LogP contribution is -2.48. The van der Waals surface area contributed by atoms with Crippen molar-refractivity contribution in [2.75, 3.05) is 6.61 Å². The van der Waals surface area contributed by atoms with E-state index in [-0.39, 0.29) is 12.5 Å². The second-order valence-corrected chi connectivity index (χ2v) is 5.60. The topological polar surface area (TPSA) is 64.4 Å². The molecule has 0 aliphatic rings. The van der Waals surface area contributed by atoms with Crippen molar-refractivity contribution in [2.45, 2.75) is 25.4 Å². The minimum atomic E-state index is -2.53. The molecule has 1 atom stereocenters. The Bertz CT molecular complexity index is 676. The molecule has 0 heterocycles. The molecule has 2 aromatic rings. The molecule has 1 amide bonds. The van der Waals surface area contributed by atoms with E-state index in [9.17, 15) is 13.6 Å². The van der Waals surface area contributed by atoms with Gasteiger partial charge in [0.25, 0.3) is 6.43 Å². The number of hydrogen-bond donors (Lipinski definition) is 2. The number of carbonyl (C=O) groups excluding carboxylic acids is 1. The van der Waals surface area contributed by atoms with Gasteiger partial charge in [0.2, 0.25) is 5.91 Å². The summed E-state index contributed by atoms with van der Waals surface area (Å²) in [4.78, 5) is 12.4. The number of nitrogens with two attached hydrogens (primary N) is 1. The predicted octanol–water partition coefficient (Wildman–Crippen LogP) is 2.82. The molecule has 1 unspecified atom stereocenters. The van der Waals surface area contributed by atoms with Crippen molar-refractivity contribution in [1.29, 1.82) is 0 Å². The Morgan fingerprint density at radius 2 is 1.92 bits per heavy atom. The van der Waals surface area contributed by atoms with Crippen molar-refractivity contribution < 1.29 is 18.3 Å². The highest BCUT2D eigenvalue weighted by molar-refractivity contribution is 5.86.